The number of piperidine rings is 1. The number of hydrogen-bond donors (Lipinski definition) is 0. The molecule has 0 N–H and O–H groups in total. The van der Waals surface area contributed by atoms with Gasteiger partial charge in [0.05, 0.1) is 5.69 Å². The third-order valence-electron chi connectivity index (χ3n) is 6.62. The smallest absolute Gasteiger partial charge is 0.253 e. The van der Waals surface area contributed by atoms with Crippen LogP contribution >= 0.6 is 11.8 Å². The Bertz CT molecular complexity index is 1020. The molecular weight excluding hydrogens is 418 g/mol. The third-order valence-corrected chi connectivity index (χ3v) is 7.66. The summed E-state index contributed by atoms with van der Waals surface area (Å²) >= 11 is 1.75. The number of nitrogens with zero attached hydrogens (tertiary/aromatic N) is 5. The van der Waals surface area contributed by atoms with E-state index in [1.165, 1.54) is 19.4 Å². The Morgan fingerprint density at radius 1 is 1.06 bits per heavy atom. The Hall–Kier alpha value is -2.35. The molecule has 0 spiro atoms. The number of thioether (sulfide) groups is 1. The van der Waals surface area contributed by atoms with Crippen LogP contribution in [0.5, 0.6) is 0 Å². The number of likely N-dealkylation sites (N-methyl/N-ethyl adjacent to an activating group) is 1. The van der Waals surface area contributed by atoms with Gasteiger partial charge in [-0.3, -0.25) is 9.69 Å². The standard InChI is InChI=1S/C25H31N5OS/c1-27-11-4-5-22(18-27)28-13-15-29(16-14-28)25(31)20-7-9-23(10-8-20)32-19-21-17-30-12-3-2-6-24(30)26-21/h2-3,6-10,12,17,22H,4-5,11,13-16,18-19H2,1H3. The van der Waals surface area contributed by atoms with E-state index in [4.69, 9.17) is 0 Å². The number of aromatic nitrogens is 2. The first-order valence-corrected chi connectivity index (χ1v) is 12.5. The van der Waals surface area contributed by atoms with E-state index in [2.05, 4.69) is 40.2 Å². The van der Waals surface area contributed by atoms with Crippen molar-refractivity contribution >= 4 is 23.3 Å². The van der Waals surface area contributed by atoms with Crippen LogP contribution < -0.4 is 0 Å². The highest BCUT2D eigenvalue weighted by Crippen LogP contribution is 2.24. The summed E-state index contributed by atoms with van der Waals surface area (Å²) in [6.07, 6.45) is 6.66. The highest BCUT2D eigenvalue weighted by molar-refractivity contribution is 7.98. The normalized spacial score (nSPS) is 20.7. The summed E-state index contributed by atoms with van der Waals surface area (Å²) in [5.41, 5.74) is 2.82. The minimum absolute atomic E-state index is 0.155. The number of imidazole rings is 1. The van der Waals surface area contributed by atoms with Gasteiger partial charge in [0.15, 0.2) is 0 Å². The van der Waals surface area contributed by atoms with Crippen molar-refractivity contribution in [3.8, 4) is 0 Å². The molecule has 168 valence electrons. The first-order valence-electron chi connectivity index (χ1n) is 11.5. The van der Waals surface area contributed by atoms with Crippen LogP contribution in [0.25, 0.3) is 5.65 Å². The van der Waals surface area contributed by atoms with E-state index in [1.807, 2.05) is 45.8 Å². The van der Waals surface area contributed by atoms with Gasteiger partial charge in [-0.25, -0.2) is 4.98 Å². The zero-order valence-corrected chi connectivity index (χ0v) is 19.5. The van der Waals surface area contributed by atoms with Gasteiger partial charge in [0.1, 0.15) is 5.65 Å². The number of fused-ring (bicyclic) bond motifs is 1. The second-order valence-electron chi connectivity index (χ2n) is 8.90. The lowest BCUT2D eigenvalue weighted by atomic mass is 10.0. The number of hydrogen-bond acceptors (Lipinski definition) is 5. The molecule has 1 unspecified atom stereocenters. The summed E-state index contributed by atoms with van der Waals surface area (Å²) in [7, 11) is 2.21. The number of pyridine rings is 1. The van der Waals surface area contributed by atoms with Crippen LogP contribution in [0.15, 0.2) is 59.8 Å². The van der Waals surface area contributed by atoms with Crippen molar-refractivity contribution in [2.75, 3.05) is 46.3 Å². The minimum atomic E-state index is 0.155. The molecule has 0 bridgehead atoms. The topological polar surface area (TPSA) is 44.1 Å². The maximum Gasteiger partial charge on any atom is 0.253 e. The molecule has 6 nitrogen and oxygen atoms in total. The molecule has 2 saturated heterocycles. The van der Waals surface area contributed by atoms with E-state index in [-0.39, 0.29) is 5.91 Å². The van der Waals surface area contributed by atoms with Gasteiger partial charge in [0.2, 0.25) is 0 Å². The number of rotatable bonds is 5. The molecule has 0 saturated carbocycles. The van der Waals surface area contributed by atoms with Crippen LogP contribution in [0.3, 0.4) is 0 Å². The number of likely N-dealkylation sites (tertiary alicyclic amines) is 1. The lowest BCUT2D eigenvalue weighted by molar-refractivity contribution is 0.0452. The first kappa shape index (κ1) is 21.5. The second-order valence-corrected chi connectivity index (χ2v) is 9.95. The van der Waals surface area contributed by atoms with E-state index in [9.17, 15) is 4.79 Å². The van der Waals surface area contributed by atoms with Crippen molar-refractivity contribution in [2.45, 2.75) is 29.5 Å². The monoisotopic (exact) mass is 449 g/mol. The Balaban J connectivity index is 1.13. The molecule has 0 aliphatic carbocycles. The van der Waals surface area contributed by atoms with Crippen molar-refractivity contribution in [3.05, 3.63) is 66.1 Å². The van der Waals surface area contributed by atoms with Crippen LogP contribution in [0.4, 0.5) is 0 Å². The van der Waals surface area contributed by atoms with Crippen LogP contribution in [-0.2, 0) is 5.75 Å². The molecule has 4 heterocycles. The fourth-order valence-corrected chi connectivity index (χ4v) is 5.60. The van der Waals surface area contributed by atoms with Gasteiger partial charge in [0.25, 0.3) is 5.91 Å². The molecule has 3 aromatic rings. The van der Waals surface area contributed by atoms with E-state index >= 15 is 0 Å². The average Bonchev–Trinajstić information content (AvgIpc) is 3.26. The number of benzene rings is 1. The van der Waals surface area contributed by atoms with Crippen molar-refractivity contribution in [3.63, 3.8) is 0 Å². The van der Waals surface area contributed by atoms with Crippen molar-refractivity contribution in [1.82, 2.24) is 24.1 Å². The van der Waals surface area contributed by atoms with Gasteiger partial charge in [-0.2, -0.15) is 0 Å². The van der Waals surface area contributed by atoms with Gasteiger partial charge < -0.3 is 14.2 Å². The van der Waals surface area contributed by atoms with Crippen LogP contribution in [0.1, 0.15) is 28.9 Å². The van der Waals surface area contributed by atoms with E-state index in [0.29, 0.717) is 6.04 Å². The summed E-state index contributed by atoms with van der Waals surface area (Å²) in [4.78, 5) is 25.8. The summed E-state index contributed by atoms with van der Waals surface area (Å²) < 4.78 is 2.05. The summed E-state index contributed by atoms with van der Waals surface area (Å²) in [6.45, 7) is 5.98. The molecule has 7 heteroatoms. The maximum atomic E-state index is 13.0. The first-order chi connectivity index (χ1) is 15.7. The van der Waals surface area contributed by atoms with Crippen molar-refractivity contribution < 1.29 is 4.79 Å². The molecular formula is C25H31N5OS. The number of carbonyl (C=O) groups is 1. The van der Waals surface area contributed by atoms with Crippen molar-refractivity contribution in [2.24, 2.45) is 0 Å². The van der Waals surface area contributed by atoms with Crippen LogP contribution in [-0.4, -0.2) is 82.3 Å². The largest absolute Gasteiger partial charge is 0.336 e. The van der Waals surface area contributed by atoms with Crippen LogP contribution in [0.2, 0.25) is 0 Å². The molecule has 32 heavy (non-hydrogen) atoms. The fourth-order valence-electron chi connectivity index (χ4n) is 4.82. The fraction of sp³-hybridized carbons (Fsp3) is 0.440. The number of amides is 1. The lowest BCUT2D eigenvalue weighted by Gasteiger charge is -2.42. The molecule has 1 aromatic carbocycles. The molecule has 2 aliphatic rings. The average molecular weight is 450 g/mol. The highest BCUT2D eigenvalue weighted by Gasteiger charge is 2.28. The number of piperazine rings is 1. The zero-order chi connectivity index (χ0) is 21.9. The Labute approximate surface area is 194 Å². The predicted octanol–water partition coefficient (Wildman–Crippen LogP) is 3.48. The molecule has 2 aliphatic heterocycles. The van der Waals surface area contributed by atoms with Gasteiger partial charge in [0, 0.05) is 67.4 Å². The quantitative estimate of drug-likeness (QED) is 0.558. The summed E-state index contributed by atoms with van der Waals surface area (Å²) in [6, 6.07) is 14.7. The summed E-state index contributed by atoms with van der Waals surface area (Å²) in [5, 5.41) is 0. The Morgan fingerprint density at radius 2 is 1.88 bits per heavy atom. The maximum absolute atomic E-state index is 13.0. The molecule has 1 amide bonds. The van der Waals surface area contributed by atoms with E-state index in [0.717, 1.165) is 60.3 Å². The number of carbonyl (C=O) groups excluding carboxylic acids is 1. The molecule has 2 fully saturated rings. The minimum Gasteiger partial charge on any atom is -0.336 e. The third kappa shape index (κ3) is 4.85. The lowest BCUT2D eigenvalue weighted by Crippen LogP contribution is -2.55. The second kappa shape index (κ2) is 9.65. The van der Waals surface area contributed by atoms with Gasteiger partial charge >= 0.3 is 0 Å². The van der Waals surface area contributed by atoms with Gasteiger partial charge in [-0.05, 0) is 62.8 Å². The van der Waals surface area contributed by atoms with Gasteiger partial charge in [-0.1, -0.05) is 6.07 Å². The highest BCUT2D eigenvalue weighted by atomic mass is 32.2. The molecule has 0 radical (unpaired) electrons. The Morgan fingerprint density at radius 3 is 2.62 bits per heavy atom. The van der Waals surface area contributed by atoms with E-state index in [1.54, 1.807) is 11.8 Å². The molecule has 1 atom stereocenters. The van der Waals surface area contributed by atoms with E-state index < -0.39 is 0 Å². The molecule has 5 rings (SSSR count). The Kier molecular flexibility index (Phi) is 6.48. The SMILES string of the molecule is CN1CCCC(N2CCN(C(=O)c3ccc(SCc4cn5ccccc5n4)cc3)CC2)C1. The van der Waals surface area contributed by atoms with Gasteiger partial charge in [-0.15, -0.1) is 11.8 Å². The van der Waals surface area contributed by atoms with Crippen molar-refractivity contribution in [1.29, 1.82) is 0 Å². The molecule has 2 aromatic heterocycles. The zero-order valence-electron chi connectivity index (χ0n) is 18.7. The van der Waals surface area contributed by atoms with Crippen LogP contribution in [0, 0.1) is 0 Å². The summed E-state index contributed by atoms with van der Waals surface area (Å²) in [5.74, 6) is 0.968. The predicted molar refractivity (Wildman–Crippen MR) is 129 cm³/mol.